The summed E-state index contributed by atoms with van der Waals surface area (Å²) >= 11 is 0. The van der Waals surface area contributed by atoms with Gasteiger partial charge in [-0.3, -0.25) is 0 Å². The Morgan fingerprint density at radius 1 is 0.288 bits per heavy atom. The summed E-state index contributed by atoms with van der Waals surface area (Å²) in [4.78, 5) is 7.69. The number of anilines is 7. The van der Waals surface area contributed by atoms with Gasteiger partial charge in [0, 0.05) is 99.5 Å². The normalized spacial score (nSPS) is 14.5. The lowest BCUT2D eigenvalue weighted by molar-refractivity contribution is 1.07. The highest BCUT2D eigenvalue weighted by molar-refractivity contribution is 7.00. The molecule has 17 aromatic carbocycles. The van der Waals surface area contributed by atoms with Crippen LogP contribution in [0.5, 0.6) is 0 Å². The third kappa shape index (κ3) is 11.4. The Bertz CT molecular complexity index is 7570. The Labute approximate surface area is 726 Å². The largest absolute Gasteiger partial charge is 0.311 e. The molecule has 0 fully saturated rings. The fourth-order valence-corrected chi connectivity index (χ4v) is 21.0. The summed E-state index contributed by atoms with van der Waals surface area (Å²) < 4.78 is 10.1. The van der Waals surface area contributed by atoms with Crippen molar-refractivity contribution in [2.24, 2.45) is 0 Å². The van der Waals surface area contributed by atoms with E-state index in [1.165, 1.54) is 59.5 Å². The van der Waals surface area contributed by atoms with Crippen molar-refractivity contribution < 1.29 is 0 Å². The van der Waals surface area contributed by atoms with Crippen LogP contribution in [0.4, 0.5) is 39.8 Å². The van der Waals surface area contributed by atoms with Crippen LogP contribution in [0, 0.1) is 0 Å². The van der Waals surface area contributed by atoms with Gasteiger partial charge in [0.2, 0.25) is 0 Å². The molecule has 0 spiro atoms. The molecule has 588 valence electrons. The van der Waals surface area contributed by atoms with Crippen molar-refractivity contribution in [2.75, 3.05) is 14.7 Å². The van der Waals surface area contributed by atoms with Crippen molar-refractivity contribution in [1.82, 2.24) is 18.3 Å². The van der Waals surface area contributed by atoms with Crippen LogP contribution < -0.4 is 31.1 Å². The van der Waals surface area contributed by atoms with Crippen LogP contribution in [-0.2, 0) is 0 Å². The third-order valence-electron chi connectivity index (χ3n) is 26.2. The average molecular weight is 1600 g/mol. The molecule has 125 heavy (non-hydrogen) atoms. The van der Waals surface area contributed by atoms with Crippen LogP contribution in [-0.4, -0.2) is 25.0 Å². The maximum Gasteiger partial charge on any atom is 0.252 e. The summed E-state index contributed by atoms with van der Waals surface area (Å²) in [6, 6.07) is 146. The van der Waals surface area contributed by atoms with Crippen molar-refractivity contribution in [1.29, 1.82) is 0 Å². The standard InChI is InChI=1S/C117H82BN7/c1-4-6-39-80-44-15-7-10-38-77(3)119(98(80)5-2)83-75-113-115-114(76-83)123(100-58-27-17-46-85(100)79-42-13-9-14-43-79)112-74-82(87-56-37-68-110(121-103-61-30-20-49-90(103)91-50-21-31-62-104(91)121)117(87)125-107-65-34-24-53-94(107)95-54-25-35-66-108(95)125)70-72-97(112)118(115)96-71-69-81(73-111(96)122(113)99-57-26-16-45-84(99)78-40-11-8-12-41-78)86-55-36-67-109(120-101-59-28-18-47-88(101)89-48-19-29-60-102(89)120)116(86)124-105-63-32-22-51-92(105)93-52-23-33-64-106(93)124/h4-43,45-76H,3,44H2,1-2H3/b6-4-,15-7-,38-10-,80-39-,98-5+. The van der Waals surface area contributed by atoms with Gasteiger partial charge < -0.3 is 33.0 Å². The number of hydrogen-bond acceptors (Lipinski definition) is 3. The number of benzene rings is 17. The van der Waals surface area contributed by atoms with E-state index in [0.29, 0.717) is 6.42 Å². The minimum atomic E-state index is -0.349. The van der Waals surface area contributed by atoms with Crippen LogP contribution in [0.15, 0.2) is 460 Å². The summed E-state index contributed by atoms with van der Waals surface area (Å²) in [6.07, 6.45) is 18.3. The number of fused-ring (bicyclic) bond motifs is 16. The number of para-hydroxylation sites is 12. The molecule has 4 aromatic heterocycles. The number of hydrogen-bond donors (Lipinski definition) is 0. The van der Waals surface area contributed by atoms with Crippen LogP contribution in [0.25, 0.3) is 154 Å². The minimum absolute atomic E-state index is 0.349. The van der Waals surface area contributed by atoms with E-state index in [9.17, 15) is 0 Å². The minimum Gasteiger partial charge on any atom is -0.311 e. The second-order valence-corrected chi connectivity index (χ2v) is 32.9. The second kappa shape index (κ2) is 29.6. The Morgan fingerprint density at radius 3 is 1.02 bits per heavy atom. The van der Waals surface area contributed by atoms with E-state index in [1.54, 1.807) is 0 Å². The zero-order chi connectivity index (χ0) is 82.9. The molecule has 0 N–H and O–H groups in total. The van der Waals surface area contributed by atoms with Crippen LogP contribution in [0.3, 0.4) is 0 Å². The maximum absolute atomic E-state index is 5.09. The van der Waals surface area contributed by atoms with E-state index in [-0.39, 0.29) is 6.71 Å². The first-order valence-corrected chi connectivity index (χ1v) is 43.3. The predicted octanol–water partition coefficient (Wildman–Crippen LogP) is 29.1. The lowest BCUT2D eigenvalue weighted by Crippen LogP contribution is -2.61. The monoisotopic (exact) mass is 1600 g/mol. The first kappa shape index (κ1) is 72.8. The van der Waals surface area contributed by atoms with Gasteiger partial charge in [-0.1, -0.05) is 340 Å². The highest BCUT2D eigenvalue weighted by atomic mass is 15.2. The molecule has 8 heteroatoms. The first-order valence-electron chi connectivity index (χ1n) is 43.3. The van der Waals surface area contributed by atoms with Crippen molar-refractivity contribution in [2.45, 2.75) is 20.3 Å². The fourth-order valence-electron chi connectivity index (χ4n) is 21.0. The molecule has 7 heterocycles. The van der Waals surface area contributed by atoms with E-state index in [2.05, 4.69) is 484 Å². The molecular weight excluding hydrogens is 1510 g/mol. The molecule has 0 saturated heterocycles. The van der Waals surface area contributed by atoms with Gasteiger partial charge in [0.1, 0.15) is 0 Å². The zero-order valence-electron chi connectivity index (χ0n) is 69.2. The van der Waals surface area contributed by atoms with Crippen LogP contribution in [0.1, 0.15) is 20.3 Å². The van der Waals surface area contributed by atoms with E-state index >= 15 is 0 Å². The van der Waals surface area contributed by atoms with E-state index in [4.69, 9.17) is 6.58 Å². The molecule has 0 aliphatic carbocycles. The Hall–Kier alpha value is -16.2. The average Bonchev–Trinajstić information content (AvgIpc) is 1.10. The van der Waals surface area contributed by atoms with Crippen molar-refractivity contribution in [3.63, 3.8) is 0 Å². The molecule has 0 bridgehead atoms. The van der Waals surface area contributed by atoms with Gasteiger partial charge in [-0.25, -0.2) is 0 Å². The predicted molar refractivity (Wildman–Crippen MR) is 531 cm³/mol. The lowest BCUT2D eigenvalue weighted by atomic mass is 9.33. The van der Waals surface area contributed by atoms with E-state index < -0.39 is 0 Å². The molecule has 21 aromatic rings. The second-order valence-electron chi connectivity index (χ2n) is 32.9. The molecule has 0 unspecified atom stereocenters. The molecule has 7 nitrogen and oxygen atoms in total. The molecule has 24 rings (SSSR count). The quantitative estimate of drug-likeness (QED) is 0.114. The molecule has 0 amide bonds. The molecule has 3 aliphatic heterocycles. The first-order chi connectivity index (χ1) is 62.0. The topological polar surface area (TPSA) is 29.4 Å². The molecule has 3 aliphatic rings. The van der Waals surface area contributed by atoms with Crippen LogP contribution >= 0.6 is 0 Å². The van der Waals surface area contributed by atoms with Gasteiger partial charge >= 0.3 is 0 Å². The Morgan fingerprint density at radius 2 is 0.632 bits per heavy atom. The van der Waals surface area contributed by atoms with Crippen molar-refractivity contribution >= 4 is 150 Å². The van der Waals surface area contributed by atoms with Gasteiger partial charge in [0.25, 0.3) is 6.71 Å². The number of nitrogens with zero attached hydrogens (tertiary/aromatic N) is 7. The zero-order valence-corrected chi connectivity index (χ0v) is 69.2. The van der Waals surface area contributed by atoms with Gasteiger partial charge in [-0.05, 0) is 168 Å². The molecule has 0 saturated carbocycles. The highest BCUT2D eigenvalue weighted by Gasteiger charge is 2.46. The van der Waals surface area contributed by atoms with Gasteiger partial charge in [0.15, 0.2) is 0 Å². The van der Waals surface area contributed by atoms with Gasteiger partial charge in [-0.15, -0.1) is 0 Å². The van der Waals surface area contributed by atoms with Gasteiger partial charge in [0.05, 0.1) is 83.9 Å². The molecule has 0 atom stereocenters. The SMILES string of the molecule is C=C1/C=C\C=C/CC(=C/C=C\C)/C(=C\C)N1c1cc2c3c(c1)N(c1ccccc1-c1ccccc1)c1cc(-c4cccc(-n5c6ccccc6c6ccccc65)c4-n4c5ccccc5c5ccccc54)ccc1B3c1ccc(-c3cccc(-n4c5ccccc5c5ccccc54)c3-n3c4ccccc4c4ccccc43)cc1N2c1ccccc1-c1ccccc1. The molecule has 0 radical (unpaired) electrons. The molecular formula is C117H82BN7. The van der Waals surface area contributed by atoms with Crippen molar-refractivity contribution in [3.05, 3.63) is 460 Å². The number of rotatable bonds is 12. The summed E-state index contributed by atoms with van der Waals surface area (Å²) in [6.45, 7) is 9.01. The van der Waals surface area contributed by atoms with E-state index in [1.807, 2.05) is 0 Å². The van der Waals surface area contributed by atoms with Crippen LogP contribution in [0.2, 0.25) is 0 Å². The highest BCUT2D eigenvalue weighted by Crippen LogP contribution is 2.54. The Balaban J connectivity index is 0.843. The summed E-state index contributed by atoms with van der Waals surface area (Å²) in [5.74, 6) is 0. The summed E-state index contributed by atoms with van der Waals surface area (Å²) in [5, 5.41) is 9.58. The third-order valence-corrected chi connectivity index (χ3v) is 26.2. The maximum atomic E-state index is 5.09. The summed E-state index contributed by atoms with van der Waals surface area (Å²) in [5.41, 5.74) is 35.9. The van der Waals surface area contributed by atoms with Gasteiger partial charge in [-0.2, -0.15) is 0 Å². The smallest absolute Gasteiger partial charge is 0.252 e. The lowest BCUT2D eigenvalue weighted by Gasteiger charge is -2.46. The van der Waals surface area contributed by atoms with Crippen molar-refractivity contribution in [3.8, 4) is 67.3 Å². The summed E-state index contributed by atoms with van der Waals surface area (Å²) in [7, 11) is 0. The fraction of sp³-hybridized carbons (Fsp3) is 0.0256. The number of aromatic nitrogens is 4. The Kier molecular flexibility index (Phi) is 17.3. The van der Waals surface area contributed by atoms with E-state index in [0.717, 1.165) is 168 Å². The number of allylic oxidation sites excluding steroid dienone is 9.